The third kappa shape index (κ3) is 4.70. The minimum absolute atomic E-state index is 0.0413. The smallest absolute Gasteiger partial charge is 0.0882 e. The number of rotatable bonds is 5. The molecule has 0 rings (SSSR count). The lowest BCUT2D eigenvalue weighted by Gasteiger charge is -2.30. The van der Waals surface area contributed by atoms with Crippen molar-refractivity contribution in [2.75, 3.05) is 13.2 Å². The summed E-state index contributed by atoms with van der Waals surface area (Å²) in [5.41, 5.74) is 4.98. The number of aliphatic hydroxyl groups excluding tert-OH is 1. The molecule has 3 heteroatoms. The Labute approximate surface area is 74.9 Å². The average molecular weight is 175 g/mol. The Morgan fingerprint density at radius 3 is 2.08 bits per heavy atom. The third-order valence-electron chi connectivity index (χ3n) is 1.87. The van der Waals surface area contributed by atoms with Gasteiger partial charge in [0.05, 0.1) is 18.8 Å². The largest absolute Gasteiger partial charge is 0.393 e. The Hall–Kier alpha value is -0.120. The first kappa shape index (κ1) is 11.9. The van der Waals surface area contributed by atoms with Crippen LogP contribution in [0, 0.1) is 0 Å². The SMILES string of the molecule is CCC(C)(CO)OCC(C)(C)N. The van der Waals surface area contributed by atoms with E-state index in [0.717, 1.165) is 6.42 Å². The van der Waals surface area contributed by atoms with Gasteiger partial charge in [-0.25, -0.2) is 0 Å². The van der Waals surface area contributed by atoms with Crippen LogP contribution in [0.25, 0.3) is 0 Å². The summed E-state index contributed by atoms with van der Waals surface area (Å²) in [6.45, 7) is 8.19. The molecule has 0 amide bonds. The van der Waals surface area contributed by atoms with Crippen molar-refractivity contribution >= 4 is 0 Å². The lowest BCUT2D eigenvalue weighted by molar-refractivity contribution is -0.0819. The van der Waals surface area contributed by atoms with E-state index >= 15 is 0 Å². The van der Waals surface area contributed by atoms with E-state index in [-0.39, 0.29) is 12.1 Å². The van der Waals surface area contributed by atoms with Gasteiger partial charge in [0.1, 0.15) is 0 Å². The van der Waals surface area contributed by atoms with Crippen molar-refractivity contribution in [3.63, 3.8) is 0 Å². The zero-order chi connectivity index (χ0) is 9.83. The summed E-state index contributed by atoms with van der Waals surface area (Å²) < 4.78 is 5.52. The van der Waals surface area contributed by atoms with Crippen LogP contribution in [0.4, 0.5) is 0 Å². The molecule has 0 aliphatic rings. The molecular weight excluding hydrogens is 154 g/mol. The molecule has 0 aromatic carbocycles. The minimum Gasteiger partial charge on any atom is -0.393 e. The second-order valence-electron chi connectivity index (χ2n) is 4.24. The highest BCUT2D eigenvalue weighted by Gasteiger charge is 2.24. The van der Waals surface area contributed by atoms with E-state index in [2.05, 4.69) is 0 Å². The van der Waals surface area contributed by atoms with E-state index in [1.165, 1.54) is 0 Å². The van der Waals surface area contributed by atoms with Gasteiger partial charge in [-0.3, -0.25) is 0 Å². The Morgan fingerprint density at radius 2 is 1.83 bits per heavy atom. The first-order valence-corrected chi connectivity index (χ1v) is 4.37. The summed E-state index contributed by atoms with van der Waals surface area (Å²) >= 11 is 0. The predicted molar refractivity (Wildman–Crippen MR) is 50.0 cm³/mol. The second-order valence-corrected chi connectivity index (χ2v) is 4.24. The number of ether oxygens (including phenoxy) is 1. The highest BCUT2D eigenvalue weighted by Crippen LogP contribution is 2.15. The summed E-state index contributed by atoms with van der Waals surface area (Å²) in [6.07, 6.45) is 0.791. The van der Waals surface area contributed by atoms with Crippen LogP contribution in [0.15, 0.2) is 0 Å². The van der Waals surface area contributed by atoms with E-state index in [1.807, 2.05) is 27.7 Å². The molecule has 1 atom stereocenters. The molecule has 0 heterocycles. The summed E-state index contributed by atoms with van der Waals surface area (Å²) in [5, 5.41) is 9.02. The quantitative estimate of drug-likeness (QED) is 0.652. The summed E-state index contributed by atoms with van der Waals surface area (Å²) in [6, 6.07) is 0. The van der Waals surface area contributed by atoms with Crippen LogP contribution in [-0.4, -0.2) is 29.5 Å². The van der Waals surface area contributed by atoms with Gasteiger partial charge in [-0.05, 0) is 27.2 Å². The molecule has 0 aromatic rings. The molecule has 0 aliphatic heterocycles. The maximum absolute atomic E-state index is 9.02. The summed E-state index contributed by atoms with van der Waals surface area (Å²) in [4.78, 5) is 0. The van der Waals surface area contributed by atoms with Crippen molar-refractivity contribution in [2.24, 2.45) is 5.73 Å². The van der Waals surface area contributed by atoms with Gasteiger partial charge in [0.2, 0.25) is 0 Å². The van der Waals surface area contributed by atoms with Crippen LogP contribution in [0.3, 0.4) is 0 Å². The fourth-order valence-corrected chi connectivity index (χ4v) is 0.620. The van der Waals surface area contributed by atoms with Gasteiger partial charge in [0.15, 0.2) is 0 Å². The Balaban J connectivity index is 3.89. The number of nitrogens with two attached hydrogens (primary N) is 1. The van der Waals surface area contributed by atoms with Crippen molar-refractivity contribution < 1.29 is 9.84 Å². The molecule has 0 aliphatic carbocycles. The molecule has 0 fully saturated rings. The molecule has 3 N–H and O–H groups in total. The zero-order valence-corrected chi connectivity index (χ0v) is 8.55. The first-order valence-electron chi connectivity index (χ1n) is 4.37. The van der Waals surface area contributed by atoms with Crippen LogP contribution in [-0.2, 0) is 4.74 Å². The van der Waals surface area contributed by atoms with Crippen molar-refractivity contribution in [3.8, 4) is 0 Å². The molecule has 1 unspecified atom stereocenters. The van der Waals surface area contributed by atoms with Crippen molar-refractivity contribution in [1.29, 1.82) is 0 Å². The molecule has 0 saturated carbocycles. The van der Waals surface area contributed by atoms with Crippen LogP contribution in [0.2, 0.25) is 0 Å². The van der Waals surface area contributed by atoms with E-state index < -0.39 is 5.60 Å². The van der Waals surface area contributed by atoms with Gasteiger partial charge in [-0.2, -0.15) is 0 Å². The fraction of sp³-hybridized carbons (Fsp3) is 1.00. The molecule has 0 spiro atoms. The van der Waals surface area contributed by atoms with Gasteiger partial charge in [-0.1, -0.05) is 6.92 Å². The first-order chi connectivity index (χ1) is 5.33. The van der Waals surface area contributed by atoms with Gasteiger partial charge in [-0.15, -0.1) is 0 Å². The van der Waals surface area contributed by atoms with Crippen molar-refractivity contribution in [1.82, 2.24) is 0 Å². The van der Waals surface area contributed by atoms with Gasteiger partial charge < -0.3 is 15.6 Å². The number of hydrogen-bond donors (Lipinski definition) is 2. The lowest BCUT2D eigenvalue weighted by Crippen LogP contribution is -2.43. The van der Waals surface area contributed by atoms with Crippen LogP contribution in [0.5, 0.6) is 0 Å². The normalized spacial score (nSPS) is 17.5. The highest BCUT2D eigenvalue weighted by atomic mass is 16.5. The average Bonchev–Trinajstić information content (AvgIpc) is 1.99. The fourth-order valence-electron chi connectivity index (χ4n) is 0.620. The van der Waals surface area contributed by atoms with E-state index in [9.17, 15) is 0 Å². The Bertz CT molecular complexity index is 125. The second kappa shape index (κ2) is 4.21. The third-order valence-corrected chi connectivity index (χ3v) is 1.87. The number of hydrogen-bond acceptors (Lipinski definition) is 3. The van der Waals surface area contributed by atoms with Crippen molar-refractivity contribution in [2.45, 2.75) is 45.3 Å². The van der Waals surface area contributed by atoms with Gasteiger partial charge in [0.25, 0.3) is 0 Å². The molecule has 0 radical (unpaired) electrons. The number of aliphatic hydroxyl groups is 1. The molecule has 0 saturated heterocycles. The topological polar surface area (TPSA) is 55.5 Å². The van der Waals surface area contributed by atoms with E-state index in [0.29, 0.717) is 6.61 Å². The van der Waals surface area contributed by atoms with Crippen LogP contribution >= 0.6 is 0 Å². The maximum Gasteiger partial charge on any atom is 0.0882 e. The van der Waals surface area contributed by atoms with Crippen LogP contribution < -0.4 is 5.73 Å². The monoisotopic (exact) mass is 175 g/mol. The standard InChI is InChI=1S/C9H21NO2/c1-5-9(4,6-11)12-7-8(2,3)10/h11H,5-7,10H2,1-4H3. The van der Waals surface area contributed by atoms with Gasteiger partial charge >= 0.3 is 0 Å². The van der Waals surface area contributed by atoms with Crippen LogP contribution in [0.1, 0.15) is 34.1 Å². The Kier molecular flexibility index (Phi) is 4.17. The van der Waals surface area contributed by atoms with E-state index in [4.69, 9.17) is 15.6 Å². The molecule has 3 nitrogen and oxygen atoms in total. The Morgan fingerprint density at radius 1 is 1.33 bits per heavy atom. The predicted octanol–water partition coefficient (Wildman–Crippen LogP) is 0.901. The highest BCUT2D eigenvalue weighted by molar-refractivity contribution is 4.77. The minimum atomic E-state index is -0.434. The van der Waals surface area contributed by atoms with E-state index in [1.54, 1.807) is 0 Å². The van der Waals surface area contributed by atoms with Crippen molar-refractivity contribution in [3.05, 3.63) is 0 Å². The molecule has 0 bridgehead atoms. The maximum atomic E-state index is 9.02. The summed E-state index contributed by atoms with van der Waals surface area (Å²) in [7, 11) is 0. The lowest BCUT2D eigenvalue weighted by atomic mass is 10.0. The van der Waals surface area contributed by atoms with Gasteiger partial charge in [0, 0.05) is 5.54 Å². The molecule has 12 heavy (non-hydrogen) atoms. The molecule has 74 valence electrons. The molecular formula is C9H21NO2. The molecule has 0 aromatic heterocycles. The zero-order valence-electron chi connectivity index (χ0n) is 8.55. The summed E-state index contributed by atoms with van der Waals surface area (Å²) in [5.74, 6) is 0.